The van der Waals surface area contributed by atoms with Crippen molar-refractivity contribution in [2.45, 2.75) is 25.8 Å². The molecule has 0 unspecified atom stereocenters. The van der Waals surface area contributed by atoms with Crippen molar-refractivity contribution in [1.82, 2.24) is 24.6 Å². The Morgan fingerprint density at radius 1 is 1.38 bits per heavy atom. The first-order valence-corrected chi connectivity index (χ1v) is 8.68. The first-order valence-electron chi connectivity index (χ1n) is 7.86. The minimum absolute atomic E-state index is 0.00438. The number of fused-ring (bicyclic) bond motifs is 3. The average Bonchev–Trinajstić information content (AvgIpc) is 3.23. The molecule has 0 saturated carbocycles. The lowest BCUT2D eigenvalue weighted by Crippen LogP contribution is -2.26. The topological polar surface area (TPSA) is 75.9 Å². The fraction of sp³-hybridized carbons (Fsp3) is 0.375. The van der Waals surface area contributed by atoms with Gasteiger partial charge >= 0.3 is 0 Å². The number of likely N-dealkylation sites (N-methyl/N-ethyl adjacent to an activating group) is 1. The number of nitrogens with one attached hydrogen (secondary N) is 1. The van der Waals surface area contributed by atoms with E-state index in [1.54, 1.807) is 47.5 Å². The number of hydrogen-bond donors (Lipinski definition) is 1. The van der Waals surface area contributed by atoms with Crippen LogP contribution in [0.5, 0.6) is 0 Å². The second-order valence-corrected chi connectivity index (χ2v) is 7.18. The van der Waals surface area contributed by atoms with Gasteiger partial charge in [-0.15, -0.1) is 11.3 Å². The molecule has 0 radical (unpaired) electrons. The number of amides is 1. The van der Waals surface area contributed by atoms with E-state index in [0.29, 0.717) is 0 Å². The van der Waals surface area contributed by atoms with Gasteiger partial charge in [-0.05, 0) is 24.8 Å². The van der Waals surface area contributed by atoms with Crippen LogP contribution >= 0.6 is 11.3 Å². The highest BCUT2D eigenvalue weighted by Gasteiger charge is 2.21. The summed E-state index contributed by atoms with van der Waals surface area (Å²) in [7, 11) is 3.47. The maximum atomic E-state index is 11.8. The molecule has 0 aromatic carbocycles. The summed E-state index contributed by atoms with van der Waals surface area (Å²) in [5, 5.41) is 8.71. The van der Waals surface area contributed by atoms with Crippen LogP contribution in [0.2, 0.25) is 0 Å². The third-order valence-electron chi connectivity index (χ3n) is 4.19. The summed E-state index contributed by atoms with van der Waals surface area (Å²) < 4.78 is 1.63. The molecule has 0 aliphatic heterocycles. The van der Waals surface area contributed by atoms with Crippen molar-refractivity contribution >= 4 is 39.0 Å². The van der Waals surface area contributed by atoms with Crippen molar-refractivity contribution in [3.05, 3.63) is 29.2 Å². The Kier molecular flexibility index (Phi) is 3.68. The van der Waals surface area contributed by atoms with Crippen LogP contribution in [0.1, 0.15) is 16.9 Å². The molecular weight excluding hydrogens is 324 g/mol. The minimum Gasteiger partial charge on any atom is -0.347 e. The van der Waals surface area contributed by atoms with Gasteiger partial charge in [0.05, 0.1) is 17.3 Å². The van der Waals surface area contributed by atoms with E-state index in [9.17, 15) is 4.79 Å². The van der Waals surface area contributed by atoms with E-state index < -0.39 is 0 Å². The number of thiophene rings is 1. The molecule has 0 fully saturated rings. The van der Waals surface area contributed by atoms with Gasteiger partial charge in [0, 0.05) is 25.2 Å². The highest BCUT2D eigenvalue weighted by molar-refractivity contribution is 7.19. The van der Waals surface area contributed by atoms with Crippen LogP contribution in [-0.2, 0) is 24.2 Å². The molecule has 7 nitrogen and oxygen atoms in total. The summed E-state index contributed by atoms with van der Waals surface area (Å²) in [4.78, 5) is 24.6. The number of aryl methyl sites for hydroxylation is 2. The summed E-state index contributed by atoms with van der Waals surface area (Å²) in [6.45, 7) is 0.224. The molecule has 3 aromatic rings. The smallest absolute Gasteiger partial charge is 0.243 e. The van der Waals surface area contributed by atoms with Gasteiger partial charge in [-0.2, -0.15) is 5.10 Å². The van der Waals surface area contributed by atoms with Crippen molar-refractivity contribution in [3.63, 3.8) is 0 Å². The lowest BCUT2D eigenvalue weighted by molar-refractivity contribution is -0.129. The predicted octanol–water partition coefficient (Wildman–Crippen LogP) is 2.21. The van der Waals surface area contributed by atoms with Crippen molar-refractivity contribution in [2.24, 2.45) is 0 Å². The fourth-order valence-electron chi connectivity index (χ4n) is 2.95. The van der Waals surface area contributed by atoms with E-state index >= 15 is 0 Å². The Hall–Kier alpha value is -2.48. The van der Waals surface area contributed by atoms with E-state index in [4.69, 9.17) is 0 Å². The van der Waals surface area contributed by atoms with Gasteiger partial charge < -0.3 is 10.2 Å². The fourth-order valence-corrected chi connectivity index (χ4v) is 4.18. The van der Waals surface area contributed by atoms with Gasteiger partial charge in [0.25, 0.3) is 0 Å². The number of anilines is 2. The third-order valence-corrected chi connectivity index (χ3v) is 5.39. The van der Waals surface area contributed by atoms with E-state index in [2.05, 4.69) is 20.4 Å². The van der Waals surface area contributed by atoms with Gasteiger partial charge in [-0.3, -0.25) is 9.48 Å². The van der Waals surface area contributed by atoms with Gasteiger partial charge in [0.15, 0.2) is 0 Å². The summed E-state index contributed by atoms with van der Waals surface area (Å²) >= 11 is 1.77. The molecule has 1 N–H and O–H groups in total. The molecule has 3 heterocycles. The molecule has 0 bridgehead atoms. The Morgan fingerprint density at radius 2 is 2.25 bits per heavy atom. The molecular formula is C16H18N6OS. The molecule has 3 aromatic heterocycles. The zero-order valence-electron chi connectivity index (χ0n) is 13.6. The SMILES string of the molecule is CN(C)C(=O)Cn1cc(Nc2ncnc3sc4c(c23)CCC4)cn1. The Morgan fingerprint density at radius 3 is 3.08 bits per heavy atom. The maximum Gasteiger partial charge on any atom is 0.243 e. The molecule has 1 aliphatic rings. The number of nitrogens with zero attached hydrogens (tertiary/aromatic N) is 5. The summed E-state index contributed by atoms with van der Waals surface area (Å²) in [6.07, 6.45) is 8.56. The molecule has 24 heavy (non-hydrogen) atoms. The van der Waals surface area contributed by atoms with Gasteiger partial charge in [0.1, 0.15) is 23.5 Å². The molecule has 1 aliphatic carbocycles. The molecule has 124 valence electrons. The minimum atomic E-state index is 0.00438. The van der Waals surface area contributed by atoms with E-state index in [1.165, 1.54) is 16.9 Å². The van der Waals surface area contributed by atoms with E-state index in [0.717, 1.165) is 34.6 Å². The summed E-state index contributed by atoms with van der Waals surface area (Å²) in [5.74, 6) is 0.822. The van der Waals surface area contributed by atoms with Crippen molar-refractivity contribution in [1.29, 1.82) is 0 Å². The lowest BCUT2D eigenvalue weighted by Gasteiger charge is -2.09. The van der Waals surface area contributed by atoms with Gasteiger partial charge in [0.2, 0.25) is 5.91 Å². The Balaban J connectivity index is 1.61. The second kappa shape index (κ2) is 5.86. The molecule has 0 saturated heterocycles. The first-order chi connectivity index (χ1) is 11.6. The average molecular weight is 342 g/mol. The monoisotopic (exact) mass is 342 g/mol. The van der Waals surface area contributed by atoms with Gasteiger partial charge in [-0.25, -0.2) is 9.97 Å². The highest BCUT2D eigenvalue weighted by Crippen LogP contribution is 2.39. The quantitative estimate of drug-likeness (QED) is 0.787. The van der Waals surface area contributed by atoms with Crippen LogP contribution < -0.4 is 5.32 Å². The van der Waals surface area contributed by atoms with Crippen LogP contribution in [0.25, 0.3) is 10.2 Å². The first kappa shape index (κ1) is 15.1. The third kappa shape index (κ3) is 2.62. The number of carbonyl (C=O) groups is 1. The molecule has 4 rings (SSSR count). The van der Waals surface area contributed by atoms with Crippen molar-refractivity contribution in [3.8, 4) is 0 Å². The zero-order chi connectivity index (χ0) is 16.7. The van der Waals surface area contributed by atoms with Crippen molar-refractivity contribution < 1.29 is 4.79 Å². The molecule has 1 amide bonds. The largest absolute Gasteiger partial charge is 0.347 e. The standard InChI is InChI=1S/C16H18N6OS/c1-21(2)13(23)8-22-7-10(6-19-22)20-15-14-11-4-3-5-12(11)24-16(14)18-9-17-15/h6-7,9H,3-5,8H2,1-2H3,(H,17,18,20). The number of hydrogen-bond acceptors (Lipinski definition) is 6. The Labute approximate surface area is 143 Å². The number of carbonyl (C=O) groups excluding carboxylic acids is 1. The molecule has 0 spiro atoms. The number of aromatic nitrogens is 4. The lowest BCUT2D eigenvalue weighted by atomic mass is 10.2. The molecule has 8 heteroatoms. The van der Waals surface area contributed by atoms with Gasteiger partial charge in [-0.1, -0.05) is 0 Å². The van der Waals surface area contributed by atoms with Crippen LogP contribution in [0, 0.1) is 0 Å². The van der Waals surface area contributed by atoms with E-state index in [1.807, 2.05) is 6.20 Å². The van der Waals surface area contributed by atoms with Crippen LogP contribution in [0.4, 0.5) is 11.5 Å². The number of rotatable bonds is 4. The maximum absolute atomic E-state index is 11.8. The van der Waals surface area contributed by atoms with Crippen LogP contribution in [0.15, 0.2) is 18.7 Å². The summed E-state index contributed by atoms with van der Waals surface area (Å²) in [5.41, 5.74) is 2.20. The van der Waals surface area contributed by atoms with Crippen LogP contribution in [-0.4, -0.2) is 44.7 Å². The highest BCUT2D eigenvalue weighted by atomic mass is 32.1. The second-order valence-electron chi connectivity index (χ2n) is 6.10. The van der Waals surface area contributed by atoms with Crippen molar-refractivity contribution in [2.75, 3.05) is 19.4 Å². The zero-order valence-corrected chi connectivity index (χ0v) is 14.4. The van der Waals surface area contributed by atoms with E-state index in [-0.39, 0.29) is 12.5 Å². The summed E-state index contributed by atoms with van der Waals surface area (Å²) in [6, 6.07) is 0. The predicted molar refractivity (Wildman–Crippen MR) is 93.6 cm³/mol. The molecule has 0 atom stereocenters. The normalized spacial score (nSPS) is 13.2. The van der Waals surface area contributed by atoms with Crippen LogP contribution in [0.3, 0.4) is 0 Å². The Bertz CT molecular complexity index is 913.